The summed E-state index contributed by atoms with van der Waals surface area (Å²) in [6.45, 7) is 0.177. The molecule has 0 saturated heterocycles. The number of hydrogen-bond acceptors (Lipinski definition) is 5. The number of carboxylic acid groups (broad SMARTS) is 1. The SMILES string of the molecule is COC(=O)c1ccc(COC[C@H](N)C(=O)O)cc1. The molecule has 98 valence electrons. The lowest BCUT2D eigenvalue weighted by molar-refractivity contribution is -0.140. The van der Waals surface area contributed by atoms with Gasteiger partial charge in [-0.15, -0.1) is 0 Å². The van der Waals surface area contributed by atoms with Crippen LogP contribution in [0.5, 0.6) is 0 Å². The predicted molar refractivity (Wildman–Crippen MR) is 63.0 cm³/mol. The van der Waals surface area contributed by atoms with Gasteiger partial charge in [0.2, 0.25) is 0 Å². The summed E-state index contributed by atoms with van der Waals surface area (Å²) in [6.07, 6.45) is 0. The first-order valence-corrected chi connectivity index (χ1v) is 5.28. The molecule has 0 aliphatic carbocycles. The fraction of sp³-hybridized carbons (Fsp3) is 0.333. The number of rotatable bonds is 6. The maximum absolute atomic E-state index is 11.2. The van der Waals surface area contributed by atoms with Crippen LogP contribution in [0.4, 0.5) is 0 Å². The predicted octanol–water partition coefficient (Wildman–Crippen LogP) is 0.402. The normalized spacial score (nSPS) is 11.9. The first-order valence-electron chi connectivity index (χ1n) is 5.28. The molecule has 6 nitrogen and oxygen atoms in total. The van der Waals surface area contributed by atoms with E-state index in [0.717, 1.165) is 5.56 Å². The van der Waals surface area contributed by atoms with E-state index < -0.39 is 18.0 Å². The number of carboxylic acids is 1. The molecule has 1 aromatic rings. The number of benzene rings is 1. The molecule has 18 heavy (non-hydrogen) atoms. The molecule has 0 fully saturated rings. The minimum atomic E-state index is -1.10. The van der Waals surface area contributed by atoms with Crippen LogP contribution in [0.2, 0.25) is 0 Å². The Balaban J connectivity index is 2.44. The third-order valence-electron chi connectivity index (χ3n) is 2.26. The van der Waals surface area contributed by atoms with Gasteiger partial charge in [0, 0.05) is 0 Å². The Hall–Kier alpha value is -1.92. The van der Waals surface area contributed by atoms with E-state index in [1.807, 2.05) is 0 Å². The Kier molecular flexibility index (Phi) is 5.29. The number of hydrogen-bond donors (Lipinski definition) is 2. The van der Waals surface area contributed by atoms with Crippen LogP contribution in [0.25, 0.3) is 0 Å². The van der Waals surface area contributed by atoms with Crippen molar-refractivity contribution < 1.29 is 24.2 Å². The van der Waals surface area contributed by atoms with Crippen LogP contribution in [0.3, 0.4) is 0 Å². The monoisotopic (exact) mass is 253 g/mol. The molecule has 0 saturated carbocycles. The summed E-state index contributed by atoms with van der Waals surface area (Å²) in [5.41, 5.74) is 6.54. The van der Waals surface area contributed by atoms with E-state index in [2.05, 4.69) is 4.74 Å². The number of methoxy groups -OCH3 is 1. The van der Waals surface area contributed by atoms with Crippen LogP contribution < -0.4 is 5.73 Å². The van der Waals surface area contributed by atoms with Crippen LogP contribution in [-0.2, 0) is 20.9 Å². The smallest absolute Gasteiger partial charge is 0.337 e. The molecular formula is C12H15NO5. The zero-order chi connectivity index (χ0) is 13.5. The highest BCUT2D eigenvalue weighted by atomic mass is 16.5. The number of aliphatic carboxylic acids is 1. The molecule has 3 N–H and O–H groups in total. The Morgan fingerprint density at radius 1 is 1.33 bits per heavy atom. The van der Waals surface area contributed by atoms with Gasteiger partial charge in [-0.05, 0) is 17.7 Å². The van der Waals surface area contributed by atoms with Crippen molar-refractivity contribution in [2.75, 3.05) is 13.7 Å². The van der Waals surface area contributed by atoms with Crippen LogP contribution >= 0.6 is 0 Å². The van der Waals surface area contributed by atoms with Gasteiger partial charge in [0.25, 0.3) is 0 Å². The lowest BCUT2D eigenvalue weighted by atomic mass is 10.1. The van der Waals surface area contributed by atoms with E-state index in [0.29, 0.717) is 5.56 Å². The van der Waals surface area contributed by atoms with Gasteiger partial charge in [0.15, 0.2) is 0 Å². The largest absolute Gasteiger partial charge is 0.480 e. The van der Waals surface area contributed by atoms with Crippen LogP contribution in [0.15, 0.2) is 24.3 Å². The molecular weight excluding hydrogens is 238 g/mol. The van der Waals surface area contributed by atoms with Gasteiger partial charge in [-0.3, -0.25) is 4.79 Å². The first kappa shape index (κ1) is 14.1. The van der Waals surface area contributed by atoms with Gasteiger partial charge >= 0.3 is 11.9 Å². The van der Waals surface area contributed by atoms with Gasteiger partial charge in [0.1, 0.15) is 6.04 Å². The second-order valence-corrected chi connectivity index (χ2v) is 3.65. The topological polar surface area (TPSA) is 98.9 Å². The Morgan fingerprint density at radius 3 is 2.44 bits per heavy atom. The maximum Gasteiger partial charge on any atom is 0.337 e. The summed E-state index contributed by atoms with van der Waals surface area (Å²) >= 11 is 0. The van der Waals surface area contributed by atoms with E-state index >= 15 is 0 Å². The van der Waals surface area contributed by atoms with Crippen LogP contribution in [-0.4, -0.2) is 36.8 Å². The average Bonchev–Trinajstić information content (AvgIpc) is 2.38. The maximum atomic E-state index is 11.2. The molecule has 0 radical (unpaired) electrons. The van der Waals surface area contributed by atoms with E-state index in [1.54, 1.807) is 24.3 Å². The molecule has 0 aromatic heterocycles. The number of esters is 1. The average molecular weight is 253 g/mol. The molecule has 0 amide bonds. The molecule has 0 heterocycles. The fourth-order valence-electron chi connectivity index (χ4n) is 1.23. The van der Waals surface area contributed by atoms with Crippen molar-refractivity contribution >= 4 is 11.9 Å². The molecule has 0 bridgehead atoms. The standard InChI is InChI=1S/C12H15NO5/c1-17-12(16)9-4-2-8(3-5-9)6-18-7-10(13)11(14)15/h2-5,10H,6-7,13H2,1H3,(H,14,15)/t10-/m0/s1. The molecule has 1 atom stereocenters. The van der Waals surface area contributed by atoms with Gasteiger partial charge in [-0.25, -0.2) is 4.79 Å². The van der Waals surface area contributed by atoms with E-state index in [1.165, 1.54) is 7.11 Å². The van der Waals surface area contributed by atoms with E-state index in [4.69, 9.17) is 15.6 Å². The number of nitrogens with two attached hydrogens (primary N) is 1. The second-order valence-electron chi connectivity index (χ2n) is 3.65. The van der Waals surface area contributed by atoms with Gasteiger partial charge in [-0.2, -0.15) is 0 Å². The van der Waals surface area contributed by atoms with Crippen LogP contribution in [0, 0.1) is 0 Å². The first-order chi connectivity index (χ1) is 8.54. The van der Waals surface area contributed by atoms with E-state index in [9.17, 15) is 9.59 Å². The lowest BCUT2D eigenvalue weighted by Gasteiger charge is -2.08. The van der Waals surface area contributed by atoms with Crippen molar-refractivity contribution in [2.45, 2.75) is 12.6 Å². The highest BCUT2D eigenvalue weighted by Gasteiger charge is 2.11. The Labute approximate surface area is 104 Å². The number of carbonyl (C=O) groups excluding carboxylic acids is 1. The van der Waals surface area contributed by atoms with Crippen LogP contribution in [0.1, 0.15) is 15.9 Å². The summed E-state index contributed by atoms with van der Waals surface area (Å²) in [5, 5.41) is 8.55. The van der Waals surface area contributed by atoms with Crippen molar-refractivity contribution in [2.24, 2.45) is 5.73 Å². The lowest BCUT2D eigenvalue weighted by Crippen LogP contribution is -2.34. The summed E-state index contributed by atoms with van der Waals surface area (Å²) < 4.78 is 9.71. The number of carbonyl (C=O) groups is 2. The highest BCUT2D eigenvalue weighted by molar-refractivity contribution is 5.89. The minimum absolute atomic E-state index is 0.0614. The molecule has 0 aliphatic rings. The number of ether oxygens (including phenoxy) is 2. The third kappa shape index (κ3) is 4.15. The van der Waals surface area contributed by atoms with E-state index in [-0.39, 0.29) is 13.2 Å². The zero-order valence-corrected chi connectivity index (χ0v) is 9.96. The summed E-state index contributed by atoms with van der Waals surface area (Å²) in [4.78, 5) is 21.6. The summed E-state index contributed by atoms with van der Waals surface area (Å²) in [7, 11) is 1.31. The molecule has 1 rings (SSSR count). The summed E-state index contributed by atoms with van der Waals surface area (Å²) in [5.74, 6) is -1.51. The molecule has 0 aliphatic heterocycles. The Bertz CT molecular complexity index is 415. The Morgan fingerprint density at radius 2 is 1.94 bits per heavy atom. The zero-order valence-electron chi connectivity index (χ0n) is 9.96. The fourth-order valence-corrected chi connectivity index (χ4v) is 1.23. The van der Waals surface area contributed by atoms with Crippen molar-refractivity contribution in [1.82, 2.24) is 0 Å². The second kappa shape index (κ2) is 6.73. The third-order valence-corrected chi connectivity index (χ3v) is 2.26. The minimum Gasteiger partial charge on any atom is -0.480 e. The van der Waals surface area contributed by atoms with Crippen molar-refractivity contribution in [3.63, 3.8) is 0 Å². The van der Waals surface area contributed by atoms with Crippen molar-refractivity contribution in [3.05, 3.63) is 35.4 Å². The molecule has 6 heteroatoms. The van der Waals surface area contributed by atoms with Gasteiger partial charge < -0.3 is 20.3 Å². The van der Waals surface area contributed by atoms with Crippen molar-refractivity contribution in [3.8, 4) is 0 Å². The highest BCUT2D eigenvalue weighted by Crippen LogP contribution is 2.07. The quantitative estimate of drug-likeness (QED) is 0.712. The van der Waals surface area contributed by atoms with Crippen molar-refractivity contribution in [1.29, 1.82) is 0 Å². The molecule has 0 spiro atoms. The summed E-state index contributed by atoms with van der Waals surface area (Å²) in [6, 6.07) is 5.61. The van der Waals surface area contributed by atoms with Gasteiger partial charge in [-0.1, -0.05) is 12.1 Å². The molecule has 0 unspecified atom stereocenters. The molecule has 1 aromatic carbocycles. The van der Waals surface area contributed by atoms with Gasteiger partial charge in [0.05, 0.1) is 25.9 Å².